The van der Waals surface area contributed by atoms with Gasteiger partial charge in [-0.2, -0.15) is 0 Å². The fourth-order valence-corrected chi connectivity index (χ4v) is 6.12. The van der Waals surface area contributed by atoms with E-state index in [1.807, 2.05) is 91.0 Å². The van der Waals surface area contributed by atoms with Crippen LogP contribution in [0.4, 0.5) is 4.39 Å². The number of benzene rings is 4. The molecule has 4 atom stereocenters. The maximum Gasteiger partial charge on any atom is 0.338 e. The number of aromatic nitrogens is 4. The van der Waals surface area contributed by atoms with Gasteiger partial charge in [0.05, 0.1) is 18.5 Å². The number of halogens is 2. The minimum Gasteiger partial charge on any atom is -0.453 e. The molecule has 2 aromatic heterocycles. The molecule has 10 heteroatoms. The summed E-state index contributed by atoms with van der Waals surface area (Å²) in [5.74, 6) is -0.677. The number of fused-ring (bicyclic) bond motifs is 1. The van der Waals surface area contributed by atoms with Crippen LogP contribution >= 0.6 is 11.6 Å². The van der Waals surface area contributed by atoms with Crippen LogP contribution in [0.25, 0.3) is 11.2 Å². The van der Waals surface area contributed by atoms with Crippen molar-refractivity contribution in [3.8, 4) is 0 Å². The zero-order chi connectivity index (χ0) is 31.5. The Morgan fingerprint density at radius 1 is 0.804 bits per heavy atom. The van der Waals surface area contributed by atoms with Gasteiger partial charge in [0.15, 0.2) is 29.3 Å². The Morgan fingerprint density at radius 3 is 1.91 bits per heavy atom. The van der Waals surface area contributed by atoms with Crippen LogP contribution in [0.15, 0.2) is 134 Å². The lowest BCUT2D eigenvalue weighted by atomic mass is 9.80. The number of carbonyl (C=O) groups excluding carboxylic acids is 1. The number of ether oxygens (including phenoxy) is 3. The first-order valence-electron chi connectivity index (χ1n) is 14.8. The van der Waals surface area contributed by atoms with Crippen molar-refractivity contribution in [2.24, 2.45) is 0 Å². The molecule has 0 unspecified atom stereocenters. The summed E-state index contributed by atoms with van der Waals surface area (Å²) in [5.41, 5.74) is 2.37. The highest BCUT2D eigenvalue weighted by Gasteiger charge is 2.51. The highest BCUT2D eigenvalue weighted by molar-refractivity contribution is 6.33. The molecule has 0 saturated carbocycles. The molecule has 1 aliphatic rings. The van der Waals surface area contributed by atoms with Crippen molar-refractivity contribution in [2.45, 2.75) is 30.2 Å². The van der Waals surface area contributed by atoms with Gasteiger partial charge in [-0.1, -0.05) is 121 Å². The topological polar surface area (TPSA) is 88.4 Å². The molecule has 0 aliphatic carbocycles. The molecule has 4 aromatic carbocycles. The Kier molecular flexibility index (Phi) is 8.28. The Balaban J connectivity index is 1.29. The molecule has 7 rings (SSSR count). The molecule has 0 amide bonds. The van der Waals surface area contributed by atoms with Crippen molar-refractivity contribution >= 4 is 28.7 Å². The Labute approximate surface area is 269 Å². The average Bonchev–Trinajstić information content (AvgIpc) is 3.68. The van der Waals surface area contributed by atoms with E-state index < -0.39 is 36.2 Å². The van der Waals surface area contributed by atoms with Gasteiger partial charge in [0, 0.05) is 0 Å². The zero-order valence-electron chi connectivity index (χ0n) is 24.4. The summed E-state index contributed by atoms with van der Waals surface area (Å²) in [5, 5.41) is 0.127. The van der Waals surface area contributed by atoms with Crippen LogP contribution in [0, 0.1) is 0 Å². The molecule has 230 valence electrons. The van der Waals surface area contributed by atoms with E-state index in [0.29, 0.717) is 5.52 Å². The Hall–Kier alpha value is -4.96. The highest BCUT2D eigenvalue weighted by Crippen LogP contribution is 2.43. The van der Waals surface area contributed by atoms with Gasteiger partial charge in [-0.3, -0.25) is 4.57 Å². The van der Waals surface area contributed by atoms with Gasteiger partial charge in [-0.25, -0.2) is 24.1 Å². The third-order valence-electron chi connectivity index (χ3n) is 8.11. The van der Waals surface area contributed by atoms with E-state index >= 15 is 4.39 Å². The van der Waals surface area contributed by atoms with Crippen LogP contribution in [0.1, 0.15) is 33.3 Å². The predicted octanol–water partition coefficient (Wildman–Crippen LogP) is 6.95. The third-order valence-corrected chi connectivity index (χ3v) is 8.39. The first kappa shape index (κ1) is 29.7. The molecule has 1 fully saturated rings. The molecule has 1 aliphatic heterocycles. The smallest absolute Gasteiger partial charge is 0.338 e. The number of hydrogen-bond donors (Lipinski definition) is 0. The van der Waals surface area contributed by atoms with Gasteiger partial charge in [0.2, 0.25) is 0 Å². The van der Waals surface area contributed by atoms with Crippen molar-refractivity contribution in [1.29, 1.82) is 0 Å². The van der Waals surface area contributed by atoms with Crippen molar-refractivity contribution in [3.63, 3.8) is 0 Å². The summed E-state index contributed by atoms with van der Waals surface area (Å²) in [6.07, 6.45) is -2.72. The average molecular weight is 635 g/mol. The number of carbonyl (C=O) groups is 1. The van der Waals surface area contributed by atoms with Crippen LogP contribution < -0.4 is 0 Å². The lowest BCUT2D eigenvalue weighted by Crippen LogP contribution is -2.41. The molecule has 0 bridgehead atoms. The van der Waals surface area contributed by atoms with E-state index in [2.05, 4.69) is 15.0 Å². The number of nitrogens with zero attached hydrogens (tertiary/aromatic N) is 4. The maximum atomic E-state index is 16.6. The van der Waals surface area contributed by atoms with E-state index in [4.69, 9.17) is 25.8 Å². The van der Waals surface area contributed by atoms with Gasteiger partial charge in [-0.05, 0) is 28.8 Å². The predicted molar refractivity (Wildman–Crippen MR) is 170 cm³/mol. The fraction of sp³-hybridized carbons (Fsp3) is 0.167. The van der Waals surface area contributed by atoms with Gasteiger partial charge in [-0.15, -0.1) is 0 Å². The Morgan fingerprint density at radius 2 is 1.35 bits per heavy atom. The van der Waals surface area contributed by atoms with E-state index in [1.54, 1.807) is 30.3 Å². The van der Waals surface area contributed by atoms with Crippen LogP contribution in [-0.2, 0) is 19.8 Å². The first-order valence-corrected chi connectivity index (χ1v) is 15.1. The summed E-state index contributed by atoms with van der Waals surface area (Å²) >= 11 is 6.23. The highest BCUT2D eigenvalue weighted by atomic mass is 35.5. The monoisotopic (exact) mass is 634 g/mol. The normalized spacial score (nSPS) is 19.7. The molecule has 8 nitrogen and oxygen atoms in total. The second-order valence-corrected chi connectivity index (χ2v) is 11.2. The van der Waals surface area contributed by atoms with E-state index in [-0.39, 0.29) is 23.0 Å². The minimum atomic E-state index is -1.80. The quantitative estimate of drug-likeness (QED) is 0.0966. The van der Waals surface area contributed by atoms with E-state index in [9.17, 15) is 4.79 Å². The molecular formula is C36H28ClFN4O4. The summed E-state index contributed by atoms with van der Waals surface area (Å²) in [4.78, 5) is 25.8. The summed E-state index contributed by atoms with van der Waals surface area (Å²) in [7, 11) is 0. The van der Waals surface area contributed by atoms with Gasteiger partial charge >= 0.3 is 5.97 Å². The molecule has 1 saturated heterocycles. The van der Waals surface area contributed by atoms with Gasteiger partial charge in [0.25, 0.3) is 0 Å². The van der Waals surface area contributed by atoms with E-state index in [1.165, 1.54) is 17.2 Å². The lowest BCUT2D eigenvalue weighted by molar-refractivity contribution is -0.0957. The molecule has 0 radical (unpaired) electrons. The summed E-state index contributed by atoms with van der Waals surface area (Å²) in [6, 6.07) is 37.9. The standard InChI is InChI=1S/C36H28ClFN4O4/c37-32-30-33(40-22-39-32)42(23-41-30)34-29(38)31(46-35(43)24-13-5-1-6-14-24)28(45-34)21-44-36(25-15-7-2-8-16-25,26-17-9-3-10-18-26)27-19-11-4-12-20-27/h1-20,22-23,28-29,31,34H,21H2/t28-,29-,31-,34-/m1/s1. The van der Waals surface area contributed by atoms with Crippen LogP contribution in [-0.4, -0.2) is 50.5 Å². The number of esters is 1. The second-order valence-electron chi connectivity index (χ2n) is 10.8. The summed E-state index contributed by atoms with van der Waals surface area (Å²) in [6.45, 7) is -0.134. The Bertz CT molecular complexity index is 1830. The van der Waals surface area contributed by atoms with Gasteiger partial charge in [0.1, 0.15) is 23.5 Å². The fourth-order valence-electron chi connectivity index (χ4n) is 5.94. The largest absolute Gasteiger partial charge is 0.453 e. The SMILES string of the molecule is O=C(O[C@H]1[C@@H](F)[C@H](n2cnc3c(Cl)ncnc32)O[C@@H]1COC(c1ccccc1)(c1ccccc1)c1ccccc1)c1ccccc1. The van der Waals surface area contributed by atoms with Gasteiger partial charge < -0.3 is 14.2 Å². The molecule has 46 heavy (non-hydrogen) atoms. The van der Waals surface area contributed by atoms with Crippen LogP contribution in [0.5, 0.6) is 0 Å². The first-order chi connectivity index (χ1) is 22.6. The molecular weight excluding hydrogens is 607 g/mol. The van der Waals surface area contributed by atoms with Crippen molar-refractivity contribution in [1.82, 2.24) is 19.5 Å². The number of rotatable bonds is 9. The van der Waals surface area contributed by atoms with Crippen molar-refractivity contribution < 1.29 is 23.4 Å². The molecule has 6 aromatic rings. The van der Waals surface area contributed by atoms with E-state index in [0.717, 1.165) is 16.7 Å². The molecule has 0 spiro atoms. The van der Waals surface area contributed by atoms with Crippen molar-refractivity contribution in [2.75, 3.05) is 6.61 Å². The maximum absolute atomic E-state index is 16.6. The van der Waals surface area contributed by atoms with Crippen molar-refractivity contribution in [3.05, 3.63) is 161 Å². The molecule has 3 heterocycles. The number of hydrogen-bond acceptors (Lipinski definition) is 7. The zero-order valence-corrected chi connectivity index (χ0v) is 25.2. The second kappa shape index (κ2) is 12.8. The number of imidazole rings is 1. The lowest BCUT2D eigenvalue weighted by Gasteiger charge is -2.37. The number of alkyl halides is 1. The molecule has 0 N–H and O–H groups in total. The summed E-state index contributed by atoms with van der Waals surface area (Å²) < 4.78 is 37.2. The van der Waals surface area contributed by atoms with Crippen LogP contribution in [0.3, 0.4) is 0 Å². The minimum absolute atomic E-state index is 0.127. The third kappa shape index (κ3) is 5.43. The van der Waals surface area contributed by atoms with Crippen LogP contribution in [0.2, 0.25) is 5.15 Å².